The van der Waals surface area contributed by atoms with E-state index in [0.29, 0.717) is 18.9 Å². The highest BCUT2D eigenvalue weighted by Crippen LogP contribution is 2.14. The Hall–Kier alpha value is -0.610. The topological polar surface area (TPSA) is 52.6 Å². The van der Waals surface area contributed by atoms with Gasteiger partial charge in [0.25, 0.3) is 0 Å². The Morgan fingerprint density at radius 2 is 2.43 bits per heavy atom. The molecule has 2 N–H and O–H groups in total. The number of aliphatic hydroxyl groups excluding tert-OH is 1. The molecular weight excluding hydrogens is 180 g/mol. The molecule has 0 saturated carbocycles. The van der Waals surface area contributed by atoms with Crippen LogP contribution in [-0.2, 0) is 4.79 Å². The zero-order valence-corrected chi connectivity index (χ0v) is 8.83. The predicted octanol–water partition coefficient (Wildman–Crippen LogP) is -0.173. The van der Waals surface area contributed by atoms with Crippen molar-refractivity contribution in [2.75, 3.05) is 33.3 Å². The zero-order valence-electron chi connectivity index (χ0n) is 8.83. The fraction of sp³-hybridized carbons (Fsp3) is 0.900. The van der Waals surface area contributed by atoms with Gasteiger partial charge in [-0.25, -0.2) is 0 Å². The van der Waals surface area contributed by atoms with Crippen LogP contribution in [0.2, 0.25) is 0 Å². The van der Waals surface area contributed by atoms with Crippen molar-refractivity contribution in [2.24, 2.45) is 5.92 Å². The van der Waals surface area contributed by atoms with Crippen LogP contribution in [0.1, 0.15) is 19.3 Å². The molecule has 1 aliphatic heterocycles. The van der Waals surface area contributed by atoms with Crippen molar-refractivity contribution >= 4 is 5.91 Å². The summed E-state index contributed by atoms with van der Waals surface area (Å²) in [5, 5.41) is 12.0. The molecule has 1 rings (SSSR count). The number of piperidine rings is 1. The molecule has 0 aromatic rings. The van der Waals surface area contributed by atoms with E-state index in [1.165, 1.54) is 6.42 Å². The monoisotopic (exact) mass is 200 g/mol. The number of rotatable bonds is 4. The van der Waals surface area contributed by atoms with Crippen molar-refractivity contribution in [2.45, 2.75) is 19.3 Å². The smallest absolute Gasteiger partial charge is 0.222 e. The Morgan fingerprint density at radius 1 is 1.64 bits per heavy atom. The lowest BCUT2D eigenvalue weighted by Gasteiger charge is -2.24. The van der Waals surface area contributed by atoms with E-state index in [2.05, 4.69) is 5.32 Å². The number of amides is 1. The van der Waals surface area contributed by atoms with Crippen LogP contribution in [0.5, 0.6) is 0 Å². The predicted molar refractivity (Wildman–Crippen MR) is 54.9 cm³/mol. The first-order valence-corrected chi connectivity index (χ1v) is 5.29. The molecule has 1 heterocycles. The van der Waals surface area contributed by atoms with Gasteiger partial charge in [-0.2, -0.15) is 0 Å². The summed E-state index contributed by atoms with van der Waals surface area (Å²) in [5.41, 5.74) is 0. The van der Waals surface area contributed by atoms with Gasteiger partial charge in [0.2, 0.25) is 5.91 Å². The van der Waals surface area contributed by atoms with Crippen LogP contribution in [0, 0.1) is 5.92 Å². The Morgan fingerprint density at radius 3 is 3.00 bits per heavy atom. The normalized spacial score (nSPS) is 22.0. The summed E-state index contributed by atoms with van der Waals surface area (Å²) in [6, 6.07) is 0. The Kier molecular flexibility index (Phi) is 4.90. The van der Waals surface area contributed by atoms with E-state index in [4.69, 9.17) is 5.11 Å². The van der Waals surface area contributed by atoms with Gasteiger partial charge < -0.3 is 15.3 Å². The number of likely N-dealkylation sites (N-methyl/N-ethyl adjacent to an activating group) is 1. The van der Waals surface area contributed by atoms with Crippen molar-refractivity contribution in [1.82, 2.24) is 10.2 Å². The quantitative estimate of drug-likeness (QED) is 0.662. The molecule has 14 heavy (non-hydrogen) atoms. The van der Waals surface area contributed by atoms with Crippen LogP contribution in [0.3, 0.4) is 0 Å². The zero-order chi connectivity index (χ0) is 10.4. The fourth-order valence-electron chi connectivity index (χ4n) is 1.78. The third kappa shape index (κ3) is 3.64. The summed E-state index contributed by atoms with van der Waals surface area (Å²) in [5.74, 6) is 0.630. The van der Waals surface area contributed by atoms with Crippen molar-refractivity contribution < 1.29 is 9.90 Å². The number of hydrogen-bond donors (Lipinski definition) is 2. The van der Waals surface area contributed by atoms with Crippen molar-refractivity contribution in [3.05, 3.63) is 0 Å². The van der Waals surface area contributed by atoms with Crippen molar-refractivity contribution in [1.29, 1.82) is 0 Å². The average molecular weight is 200 g/mol. The standard InChI is InChI=1S/C10H20N2O2/c1-12(5-6-13)10(14)7-9-3-2-4-11-8-9/h9,11,13H,2-8H2,1H3. The van der Waals surface area contributed by atoms with Crippen molar-refractivity contribution in [3.63, 3.8) is 0 Å². The van der Waals surface area contributed by atoms with Gasteiger partial charge in [0.05, 0.1) is 6.61 Å². The van der Waals surface area contributed by atoms with Crippen LogP contribution in [0.15, 0.2) is 0 Å². The number of nitrogens with zero attached hydrogens (tertiary/aromatic N) is 1. The number of carbonyl (C=O) groups is 1. The molecule has 1 unspecified atom stereocenters. The molecule has 0 aliphatic carbocycles. The van der Waals surface area contributed by atoms with Gasteiger partial charge in [0.1, 0.15) is 0 Å². The molecule has 1 atom stereocenters. The number of hydrogen-bond acceptors (Lipinski definition) is 3. The van der Waals surface area contributed by atoms with Crippen LogP contribution in [-0.4, -0.2) is 49.2 Å². The first-order valence-electron chi connectivity index (χ1n) is 5.29. The molecule has 4 nitrogen and oxygen atoms in total. The Balaban J connectivity index is 2.24. The van der Waals surface area contributed by atoms with Crippen molar-refractivity contribution in [3.8, 4) is 0 Å². The summed E-state index contributed by atoms with van der Waals surface area (Å²) in [6.45, 7) is 2.53. The van der Waals surface area contributed by atoms with Crippen LogP contribution < -0.4 is 5.32 Å². The average Bonchev–Trinajstić information content (AvgIpc) is 2.19. The molecule has 0 bridgehead atoms. The summed E-state index contributed by atoms with van der Waals surface area (Å²) in [4.78, 5) is 13.2. The molecule has 1 fully saturated rings. The second-order valence-electron chi connectivity index (χ2n) is 3.96. The molecule has 1 amide bonds. The SMILES string of the molecule is CN(CCO)C(=O)CC1CCCNC1. The van der Waals surface area contributed by atoms with E-state index < -0.39 is 0 Å². The highest BCUT2D eigenvalue weighted by Gasteiger charge is 2.18. The largest absolute Gasteiger partial charge is 0.395 e. The molecule has 1 aliphatic rings. The van der Waals surface area contributed by atoms with E-state index in [9.17, 15) is 4.79 Å². The Bertz CT molecular complexity index is 179. The molecule has 1 saturated heterocycles. The second kappa shape index (κ2) is 5.98. The third-order valence-corrected chi connectivity index (χ3v) is 2.72. The van der Waals surface area contributed by atoms with Crippen LogP contribution in [0.25, 0.3) is 0 Å². The summed E-state index contributed by atoms with van der Waals surface area (Å²) in [6.07, 6.45) is 2.93. The minimum atomic E-state index is 0.0468. The van der Waals surface area contributed by atoms with E-state index in [1.807, 2.05) is 0 Å². The molecule has 82 valence electrons. The highest BCUT2D eigenvalue weighted by molar-refractivity contribution is 5.76. The molecule has 4 heteroatoms. The van der Waals surface area contributed by atoms with E-state index >= 15 is 0 Å². The van der Waals surface area contributed by atoms with Gasteiger partial charge in [-0.15, -0.1) is 0 Å². The van der Waals surface area contributed by atoms with Crippen LogP contribution >= 0.6 is 0 Å². The van der Waals surface area contributed by atoms with Gasteiger partial charge in [-0.3, -0.25) is 4.79 Å². The maximum absolute atomic E-state index is 11.6. The molecule has 0 aromatic heterocycles. The van der Waals surface area contributed by atoms with Gasteiger partial charge in [0, 0.05) is 20.0 Å². The molecule has 0 spiro atoms. The lowest BCUT2D eigenvalue weighted by molar-refractivity contribution is -0.131. The lowest BCUT2D eigenvalue weighted by atomic mass is 9.96. The molecular formula is C10H20N2O2. The minimum absolute atomic E-state index is 0.0468. The van der Waals surface area contributed by atoms with E-state index in [-0.39, 0.29) is 12.5 Å². The summed E-state index contributed by atoms with van der Waals surface area (Å²) < 4.78 is 0. The first-order chi connectivity index (χ1) is 6.74. The maximum atomic E-state index is 11.6. The molecule has 0 radical (unpaired) electrons. The fourth-order valence-corrected chi connectivity index (χ4v) is 1.78. The van der Waals surface area contributed by atoms with Crippen LogP contribution in [0.4, 0.5) is 0 Å². The third-order valence-electron chi connectivity index (χ3n) is 2.72. The van der Waals surface area contributed by atoms with E-state index in [0.717, 1.165) is 19.5 Å². The lowest BCUT2D eigenvalue weighted by Crippen LogP contribution is -2.36. The highest BCUT2D eigenvalue weighted by atomic mass is 16.3. The number of carbonyl (C=O) groups excluding carboxylic acids is 1. The van der Waals surface area contributed by atoms with Gasteiger partial charge in [-0.1, -0.05) is 0 Å². The number of aliphatic hydroxyl groups is 1. The maximum Gasteiger partial charge on any atom is 0.222 e. The van der Waals surface area contributed by atoms with E-state index in [1.54, 1.807) is 11.9 Å². The summed E-state index contributed by atoms with van der Waals surface area (Å²) >= 11 is 0. The number of nitrogens with one attached hydrogen (secondary N) is 1. The minimum Gasteiger partial charge on any atom is -0.395 e. The second-order valence-corrected chi connectivity index (χ2v) is 3.96. The van der Waals surface area contributed by atoms with Gasteiger partial charge in [-0.05, 0) is 31.8 Å². The molecule has 0 aromatic carbocycles. The van der Waals surface area contributed by atoms with Gasteiger partial charge >= 0.3 is 0 Å². The summed E-state index contributed by atoms with van der Waals surface area (Å²) in [7, 11) is 1.74. The van der Waals surface area contributed by atoms with Gasteiger partial charge in [0.15, 0.2) is 0 Å². The Labute approximate surface area is 85.3 Å². The first kappa shape index (κ1) is 11.5.